The smallest absolute Gasteiger partial charge is 0.227 e. The monoisotopic (exact) mass is 341 g/mol. The Labute approximate surface area is 147 Å². The van der Waals surface area contributed by atoms with Crippen molar-refractivity contribution in [3.05, 3.63) is 36.5 Å². The number of thioether (sulfide) groups is 1. The van der Waals surface area contributed by atoms with Crippen LogP contribution in [-0.2, 0) is 4.79 Å². The van der Waals surface area contributed by atoms with Crippen LogP contribution >= 0.6 is 11.8 Å². The molecule has 0 aliphatic carbocycles. The Bertz CT molecular complexity index is 724. The molecular weight excluding hydrogens is 318 g/mol. The number of hydrogen-bond donors (Lipinski definition) is 0. The Kier molecular flexibility index (Phi) is 4.60. The molecule has 5 heteroatoms. The average molecular weight is 341 g/mol. The van der Waals surface area contributed by atoms with Crippen LogP contribution in [0.2, 0.25) is 0 Å². The zero-order valence-corrected chi connectivity index (χ0v) is 14.7. The summed E-state index contributed by atoms with van der Waals surface area (Å²) < 4.78 is 0. The maximum Gasteiger partial charge on any atom is 0.227 e. The van der Waals surface area contributed by atoms with Crippen molar-refractivity contribution in [1.82, 2.24) is 9.88 Å². The predicted molar refractivity (Wildman–Crippen MR) is 101 cm³/mol. The number of piperidine rings is 1. The lowest BCUT2D eigenvalue weighted by molar-refractivity contribution is -0.135. The molecule has 126 valence electrons. The topological polar surface area (TPSA) is 36.4 Å². The van der Waals surface area contributed by atoms with Crippen LogP contribution in [-0.4, -0.2) is 53.5 Å². The second kappa shape index (κ2) is 7.01. The van der Waals surface area contributed by atoms with Gasteiger partial charge in [0.15, 0.2) is 0 Å². The molecule has 2 aliphatic heterocycles. The number of anilines is 1. The van der Waals surface area contributed by atoms with Crippen LogP contribution in [0, 0.1) is 5.92 Å². The second-order valence-corrected chi connectivity index (χ2v) is 7.79. The molecule has 0 N–H and O–H groups in total. The van der Waals surface area contributed by atoms with Gasteiger partial charge in [-0.15, -0.1) is 0 Å². The predicted octanol–water partition coefficient (Wildman–Crippen LogP) is 3.03. The number of aromatic nitrogens is 1. The number of amides is 1. The molecule has 1 aromatic carbocycles. The Hall–Kier alpha value is -1.75. The summed E-state index contributed by atoms with van der Waals surface area (Å²) in [6, 6.07) is 10.4. The highest BCUT2D eigenvalue weighted by atomic mass is 32.2. The van der Waals surface area contributed by atoms with E-state index in [4.69, 9.17) is 0 Å². The maximum absolute atomic E-state index is 12.9. The van der Waals surface area contributed by atoms with Crippen molar-refractivity contribution < 1.29 is 4.79 Å². The lowest BCUT2D eigenvalue weighted by Crippen LogP contribution is -2.47. The van der Waals surface area contributed by atoms with Gasteiger partial charge in [0.2, 0.25) is 5.91 Å². The minimum atomic E-state index is 0.133. The minimum Gasteiger partial charge on any atom is -0.370 e. The van der Waals surface area contributed by atoms with E-state index < -0.39 is 0 Å². The molecule has 2 aromatic rings. The number of rotatable bonds is 2. The first-order valence-corrected chi connectivity index (χ1v) is 9.93. The number of pyridine rings is 1. The van der Waals surface area contributed by atoms with Gasteiger partial charge in [0.1, 0.15) is 0 Å². The van der Waals surface area contributed by atoms with Crippen molar-refractivity contribution in [1.29, 1.82) is 0 Å². The Morgan fingerprint density at radius 1 is 1.12 bits per heavy atom. The van der Waals surface area contributed by atoms with Gasteiger partial charge in [0.25, 0.3) is 0 Å². The zero-order valence-electron chi connectivity index (χ0n) is 13.9. The molecule has 1 aromatic heterocycles. The number of carbonyl (C=O) groups excluding carboxylic acids is 1. The van der Waals surface area contributed by atoms with E-state index in [0.717, 1.165) is 56.0 Å². The van der Waals surface area contributed by atoms with Gasteiger partial charge in [-0.2, -0.15) is 11.8 Å². The molecule has 2 fully saturated rings. The lowest BCUT2D eigenvalue weighted by Gasteiger charge is -2.37. The largest absolute Gasteiger partial charge is 0.370 e. The quantitative estimate of drug-likeness (QED) is 0.841. The average Bonchev–Trinajstić information content (AvgIpc) is 2.68. The number of para-hydroxylation sites is 1. The van der Waals surface area contributed by atoms with Crippen LogP contribution in [0.25, 0.3) is 10.9 Å². The number of fused-ring (bicyclic) bond motifs is 1. The van der Waals surface area contributed by atoms with Gasteiger partial charge in [0.05, 0.1) is 11.4 Å². The van der Waals surface area contributed by atoms with Crippen molar-refractivity contribution >= 4 is 34.3 Å². The van der Waals surface area contributed by atoms with E-state index in [1.54, 1.807) is 0 Å². The van der Waals surface area contributed by atoms with Gasteiger partial charge < -0.3 is 9.80 Å². The maximum atomic E-state index is 12.9. The van der Waals surface area contributed by atoms with E-state index >= 15 is 0 Å². The lowest BCUT2D eigenvalue weighted by atomic mass is 9.95. The summed E-state index contributed by atoms with van der Waals surface area (Å²) in [5.41, 5.74) is 2.24. The summed E-state index contributed by atoms with van der Waals surface area (Å²) in [7, 11) is 0. The molecule has 1 atom stereocenters. The third-order valence-electron chi connectivity index (χ3n) is 5.06. The fraction of sp³-hybridized carbons (Fsp3) is 0.474. The Morgan fingerprint density at radius 3 is 2.83 bits per heavy atom. The van der Waals surface area contributed by atoms with Crippen LogP contribution in [0.4, 0.5) is 5.69 Å². The molecule has 1 unspecified atom stereocenters. The Morgan fingerprint density at radius 2 is 1.96 bits per heavy atom. The highest BCUT2D eigenvalue weighted by Crippen LogP contribution is 2.30. The molecule has 0 radical (unpaired) electrons. The molecule has 4 nitrogen and oxygen atoms in total. The summed E-state index contributed by atoms with van der Waals surface area (Å²) >= 11 is 1.95. The van der Waals surface area contributed by atoms with E-state index in [-0.39, 0.29) is 5.92 Å². The highest BCUT2D eigenvalue weighted by molar-refractivity contribution is 7.99. The van der Waals surface area contributed by atoms with Crippen molar-refractivity contribution in [3.63, 3.8) is 0 Å². The molecule has 0 bridgehead atoms. The Balaban J connectivity index is 1.55. The fourth-order valence-corrected chi connectivity index (χ4v) is 4.70. The summed E-state index contributed by atoms with van der Waals surface area (Å²) in [6.07, 6.45) is 3.97. The molecule has 0 saturated carbocycles. The second-order valence-electron chi connectivity index (χ2n) is 6.57. The normalized spacial score (nSPS) is 21.9. The summed E-state index contributed by atoms with van der Waals surface area (Å²) in [6.45, 7) is 3.68. The van der Waals surface area contributed by atoms with Gasteiger partial charge in [0, 0.05) is 55.0 Å². The number of benzene rings is 1. The van der Waals surface area contributed by atoms with E-state index in [2.05, 4.69) is 39.0 Å². The first-order valence-electron chi connectivity index (χ1n) is 8.78. The third-order valence-corrected chi connectivity index (χ3v) is 6.00. The molecule has 24 heavy (non-hydrogen) atoms. The van der Waals surface area contributed by atoms with Crippen molar-refractivity contribution in [3.8, 4) is 0 Å². The molecule has 4 rings (SSSR count). The van der Waals surface area contributed by atoms with Crippen molar-refractivity contribution in [2.24, 2.45) is 5.92 Å². The van der Waals surface area contributed by atoms with Gasteiger partial charge in [-0.25, -0.2) is 0 Å². The van der Waals surface area contributed by atoms with Crippen molar-refractivity contribution in [2.45, 2.75) is 12.8 Å². The number of hydrogen-bond acceptors (Lipinski definition) is 4. The molecule has 3 heterocycles. The van der Waals surface area contributed by atoms with Gasteiger partial charge in [-0.1, -0.05) is 18.2 Å². The van der Waals surface area contributed by atoms with Gasteiger partial charge in [-0.3, -0.25) is 9.78 Å². The van der Waals surface area contributed by atoms with Crippen LogP contribution in [0.5, 0.6) is 0 Å². The SMILES string of the molecule is O=C(C1CCCN(c2ccnc3ccccc23)C1)N1CCSCC1. The van der Waals surface area contributed by atoms with E-state index in [9.17, 15) is 4.79 Å². The molecule has 1 amide bonds. The van der Waals surface area contributed by atoms with Crippen LogP contribution in [0.15, 0.2) is 36.5 Å². The summed E-state index contributed by atoms with van der Waals surface area (Å²) in [4.78, 5) is 21.8. The summed E-state index contributed by atoms with van der Waals surface area (Å²) in [5, 5.41) is 1.18. The molecule has 0 spiro atoms. The van der Waals surface area contributed by atoms with E-state index in [1.807, 2.05) is 24.0 Å². The van der Waals surface area contributed by atoms with Crippen LogP contribution in [0.3, 0.4) is 0 Å². The number of carbonyl (C=O) groups is 1. The first-order chi connectivity index (χ1) is 11.8. The van der Waals surface area contributed by atoms with Crippen LogP contribution in [0.1, 0.15) is 12.8 Å². The highest BCUT2D eigenvalue weighted by Gasteiger charge is 2.30. The number of nitrogens with zero attached hydrogens (tertiary/aromatic N) is 3. The minimum absolute atomic E-state index is 0.133. The molecule has 2 saturated heterocycles. The molecule has 2 aliphatic rings. The van der Waals surface area contributed by atoms with Gasteiger partial charge >= 0.3 is 0 Å². The third kappa shape index (κ3) is 3.09. The van der Waals surface area contributed by atoms with Gasteiger partial charge in [-0.05, 0) is 25.0 Å². The standard InChI is InChI=1S/C19H23N3OS/c23-19(21-10-12-24-13-11-21)15-4-3-9-22(14-15)18-7-8-20-17-6-2-1-5-16(17)18/h1-2,5-8,15H,3-4,9-14H2. The fourth-order valence-electron chi connectivity index (χ4n) is 3.80. The summed E-state index contributed by atoms with van der Waals surface area (Å²) in [5.74, 6) is 2.65. The molecular formula is C19H23N3OS. The first kappa shape index (κ1) is 15.8. The van der Waals surface area contributed by atoms with Crippen molar-refractivity contribution in [2.75, 3.05) is 42.6 Å². The van der Waals surface area contributed by atoms with Crippen LogP contribution < -0.4 is 4.90 Å². The van der Waals surface area contributed by atoms with E-state index in [0.29, 0.717) is 5.91 Å². The zero-order chi connectivity index (χ0) is 16.4. The van der Waals surface area contributed by atoms with E-state index in [1.165, 1.54) is 11.1 Å².